The number of halogens is 4. The van der Waals surface area contributed by atoms with Gasteiger partial charge in [-0.2, -0.15) is 23.3 Å². The number of fused-ring (bicyclic) bond motifs is 1. The molecule has 3 aromatic rings. The van der Waals surface area contributed by atoms with Gasteiger partial charge in [0.15, 0.2) is 11.5 Å². The number of hydrogen-bond acceptors (Lipinski definition) is 5. The van der Waals surface area contributed by atoms with Crippen molar-refractivity contribution >= 4 is 23.2 Å². The minimum Gasteiger partial charge on any atom is -0.340 e. The van der Waals surface area contributed by atoms with Gasteiger partial charge in [0.2, 0.25) is 5.95 Å². The van der Waals surface area contributed by atoms with Gasteiger partial charge in [-0.1, -0.05) is 11.6 Å². The third kappa shape index (κ3) is 3.58. The van der Waals surface area contributed by atoms with Crippen molar-refractivity contribution in [2.75, 3.05) is 18.0 Å². The number of aromatic nitrogens is 6. The summed E-state index contributed by atoms with van der Waals surface area (Å²) in [5.74, 6) is 1.89. The lowest BCUT2D eigenvalue weighted by molar-refractivity contribution is -0.137. The van der Waals surface area contributed by atoms with Gasteiger partial charge in [-0.3, -0.25) is 4.68 Å². The van der Waals surface area contributed by atoms with E-state index in [0.29, 0.717) is 24.6 Å². The van der Waals surface area contributed by atoms with Crippen molar-refractivity contribution in [1.29, 1.82) is 0 Å². The normalized spacial score (nSPS) is 15.2. The fourth-order valence-corrected chi connectivity index (χ4v) is 3.39. The summed E-state index contributed by atoms with van der Waals surface area (Å²) in [7, 11) is 1.82. The SMILES string of the molecule is Cn1nc(N2CCCC2)nc1CCc1nc2c(Cl)cc(C(F)(F)F)cn2n1. The zero-order valence-electron chi connectivity index (χ0n) is 14.5. The van der Waals surface area contributed by atoms with Gasteiger partial charge in [0.05, 0.1) is 10.6 Å². The molecule has 0 atom stereocenters. The minimum atomic E-state index is -4.49. The standard InChI is InChI=1S/C16H17ClF3N7/c1-25-13(22-15(24-25)26-6-2-3-7-26)5-4-12-21-14-11(17)8-10(16(18,19)20)9-27(14)23-12/h8-9H,2-7H2,1H3. The first-order chi connectivity index (χ1) is 12.8. The second-order valence-electron chi connectivity index (χ2n) is 6.52. The number of hydrogen-bond donors (Lipinski definition) is 0. The maximum Gasteiger partial charge on any atom is 0.417 e. The van der Waals surface area contributed by atoms with E-state index in [1.165, 1.54) is 0 Å². The van der Waals surface area contributed by atoms with Crippen LogP contribution in [-0.4, -0.2) is 42.5 Å². The van der Waals surface area contributed by atoms with Gasteiger partial charge < -0.3 is 4.90 Å². The third-order valence-corrected chi connectivity index (χ3v) is 4.84. The van der Waals surface area contributed by atoms with Crippen LogP contribution in [0.15, 0.2) is 12.3 Å². The van der Waals surface area contributed by atoms with Crippen LogP contribution in [0, 0.1) is 0 Å². The van der Waals surface area contributed by atoms with Gasteiger partial charge in [0.1, 0.15) is 5.82 Å². The average Bonchev–Trinajstić information content (AvgIpc) is 3.31. The third-order valence-electron chi connectivity index (χ3n) is 4.56. The first-order valence-electron chi connectivity index (χ1n) is 8.58. The van der Waals surface area contributed by atoms with E-state index in [1.54, 1.807) is 4.68 Å². The Kier molecular flexibility index (Phi) is 4.45. The van der Waals surface area contributed by atoms with Gasteiger partial charge in [0.25, 0.3) is 0 Å². The number of alkyl halides is 3. The van der Waals surface area contributed by atoms with Crippen LogP contribution in [0.5, 0.6) is 0 Å². The molecule has 4 heterocycles. The number of anilines is 1. The molecule has 0 saturated carbocycles. The fraction of sp³-hybridized carbons (Fsp3) is 0.500. The molecule has 0 N–H and O–H groups in total. The fourth-order valence-electron chi connectivity index (χ4n) is 3.15. The summed E-state index contributed by atoms with van der Waals surface area (Å²) in [6.45, 7) is 1.91. The topological polar surface area (TPSA) is 64.1 Å². The van der Waals surface area contributed by atoms with E-state index in [9.17, 15) is 13.2 Å². The van der Waals surface area contributed by atoms with Gasteiger partial charge in [-0.15, -0.1) is 5.10 Å². The van der Waals surface area contributed by atoms with E-state index < -0.39 is 11.7 Å². The van der Waals surface area contributed by atoms with Crippen molar-refractivity contribution < 1.29 is 13.2 Å². The predicted molar refractivity (Wildman–Crippen MR) is 92.9 cm³/mol. The molecule has 27 heavy (non-hydrogen) atoms. The maximum absolute atomic E-state index is 12.9. The van der Waals surface area contributed by atoms with Crippen molar-refractivity contribution in [3.05, 3.63) is 34.5 Å². The number of aryl methyl sites for hydroxylation is 3. The lowest BCUT2D eigenvalue weighted by atomic mass is 10.3. The van der Waals surface area contributed by atoms with Crippen LogP contribution in [0.4, 0.5) is 19.1 Å². The predicted octanol–water partition coefficient (Wildman–Crippen LogP) is 2.92. The molecule has 7 nitrogen and oxygen atoms in total. The highest BCUT2D eigenvalue weighted by molar-refractivity contribution is 6.33. The smallest absolute Gasteiger partial charge is 0.340 e. The second-order valence-corrected chi connectivity index (χ2v) is 6.92. The molecule has 0 amide bonds. The van der Waals surface area contributed by atoms with Crippen LogP contribution in [0.3, 0.4) is 0 Å². The first-order valence-corrected chi connectivity index (χ1v) is 8.96. The van der Waals surface area contributed by atoms with Crippen molar-refractivity contribution in [1.82, 2.24) is 29.4 Å². The van der Waals surface area contributed by atoms with Crippen LogP contribution in [0.1, 0.15) is 30.1 Å². The molecule has 4 rings (SSSR count). The Labute approximate surface area is 157 Å². The summed E-state index contributed by atoms with van der Waals surface area (Å²) in [5.41, 5.74) is -0.657. The highest BCUT2D eigenvalue weighted by Gasteiger charge is 2.32. The Bertz CT molecular complexity index is 972. The average molecular weight is 400 g/mol. The molecule has 1 saturated heterocycles. The quantitative estimate of drug-likeness (QED) is 0.675. The number of rotatable bonds is 4. The van der Waals surface area contributed by atoms with Crippen LogP contribution in [0.2, 0.25) is 5.02 Å². The van der Waals surface area contributed by atoms with Crippen LogP contribution >= 0.6 is 11.6 Å². The summed E-state index contributed by atoms with van der Waals surface area (Å²) in [6, 6.07) is 0.861. The molecule has 1 fully saturated rings. The number of pyridine rings is 1. The van der Waals surface area contributed by atoms with E-state index >= 15 is 0 Å². The molecule has 0 bridgehead atoms. The molecule has 0 aromatic carbocycles. The first kappa shape index (κ1) is 18.0. The summed E-state index contributed by atoms with van der Waals surface area (Å²) in [5, 5.41) is 8.49. The van der Waals surface area contributed by atoms with Gasteiger partial charge in [-0.25, -0.2) is 9.50 Å². The molecule has 144 valence electrons. The van der Waals surface area contributed by atoms with Crippen LogP contribution in [0.25, 0.3) is 5.65 Å². The van der Waals surface area contributed by atoms with Gasteiger partial charge >= 0.3 is 6.18 Å². The van der Waals surface area contributed by atoms with Crippen molar-refractivity contribution in [2.24, 2.45) is 7.05 Å². The molecule has 0 aliphatic carbocycles. The van der Waals surface area contributed by atoms with Gasteiger partial charge in [-0.05, 0) is 18.9 Å². The molecular formula is C16H17ClF3N7. The zero-order chi connectivity index (χ0) is 19.2. The number of nitrogens with zero attached hydrogens (tertiary/aromatic N) is 7. The van der Waals surface area contributed by atoms with Gasteiger partial charge in [0, 0.05) is 39.2 Å². The van der Waals surface area contributed by atoms with Crippen molar-refractivity contribution in [3.8, 4) is 0 Å². The molecule has 0 spiro atoms. The zero-order valence-corrected chi connectivity index (χ0v) is 15.3. The van der Waals surface area contributed by atoms with E-state index in [1.807, 2.05) is 7.05 Å². The summed E-state index contributed by atoms with van der Waals surface area (Å²) in [6.07, 6.45) is -0.373. The van der Waals surface area contributed by atoms with E-state index in [2.05, 4.69) is 25.1 Å². The highest BCUT2D eigenvalue weighted by Crippen LogP contribution is 2.31. The Morgan fingerprint density at radius 3 is 2.56 bits per heavy atom. The minimum absolute atomic E-state index is 0.0847. The van der Waals surface area contributed by atoms with E-state index in [0.717, 1.165) is 48.5 Å². The van der Waals surface area contributed by atoms with Crippen LogP contribution < -0.4 is 4.90 Å². The second kappa shape index (κ2) is 6.66. The summed E-state index contributed by atoms with van der Waals surface area (Å²) in [4.78, 5) is 11.0. The molecular weight excluding hydrogens is 383 g/mol. The van der Waals surface area contributed by atoms with E-state index in [-0.39, 0.29) is 10.7 Å². The molecule has 0 unspecified atom stereocenters. The molecule has 3 aromatic heterocycles. The summed E-state index contributed by atoms with van der Waals surface area (Å²) < 4.78 is 41.5. The molecule has 1 aliphatic rings. The van der Waals surface area contributed by atoms with Crippen molar-refractivity contribution in [3.63, 3.8) is 0 Å². The van der Waals surface area contributed by atoms with Crippen molar-refractivity contribution in [2.45, 2.75) is 31.9 Å². The molecule has 1 aliphatic heterocycles. The van der Waals surface area contributed by atoms with E-state index in [4.69, 9.17) is 11.6 Å². The largest absolute Gasteiger partial charge is 0.417 e. The Morgan fingerprint density at radius 2 is 1.85 bits per heavy atom. The lowest BCUT2D eigenvalue weighted by Gasteiger charge is -2.10. The molecule has 11 heteroatoms. The molecule has 0 radical (unpaired) electrons. The highest BCUT2D eigenvalue weighted by atomic mass is 35.5. The lowest BCUT2D eigenvalue weighted by Crippen LogP contribution is -2.19. The Balaban J connectivity index is 1.53. The maximum atomic E-state index is 12.9. The monoisotopic (exact) mass is 399 g/mol. The van der Waals surface area contributed by atoms with Crippen LogP contribution in [-0.2, 0) is 26.1 Å². The Morgan fingerprint density at radius 1 is 1.11 bits per heavy atom. The summed E-state index contributed by atoms with van der Waals surface area (Å²) >= 11 is 5.94. The Hall–Kier alpha value is -2.36.